The van der Waals surface area contributed by atoms with Crippen LogP contribution in [0.4, 0.5) is 0 Å². The molecule has 112 valence electrons. The molecule has 3 aromatic rings. The zero-order valence-electron chi connectivity index (χ0n) is 12.9. The number of H-pyrrole nitrogens is 1. The Morgan fingerprint density at radius 1 is 1.22 bits per heavy atom. The zero-order valence-corrected chi connectivity index (χ0v) is 12.9. The number of rotatable bonds is 2. The van der Waals surface area contributed by atoms with E-state index in [2.05, 4.69) is 22.1 Å². The Balaban J connectivity index is 2.16. The first-order valence-electron chi connectivity index (χ1n) is 7.27. The van der Waals surface area contributed by atoms with Crippen molar-refractivity contribution in [3.8, 4) is 6.07 Å². The number of nitriles is 1. The second-order valence-electron chi connectivity index (χ2n) is 5.46. The van der Waals surface area contributed by atoms with Gasteiger partial charge in [0.25, 0.3) is 5.56 Å². The minimum atomic E-state index is -0.243. The lowest BCUT2D eigenvalue weighted by Gasteiger charge is -2.04. The Bertz CT molecular complexity index is 1020. The lowest BCUT2D eigenvalue weighted by Crippen LogP contribution is -2.11. The van der Waals surface area contributed by atoms with Crippen molar-refractivity contribution in [3.63, 3.8) is 0 Å². The van der Waals surface area contributed by atoms with Crippen LogP contribution >= 0.6 is 0 Å². The Morgan fingerprint density at radius 2 is 2.00 bits per heavy atom. The summed E-state index contributed by atoms with van der Waals surface area (Å²) in [7, 11) is 0. The van der Waals surface area contributed by atoms with Crippen molar-refractivity contribution in [1.82, 2.24) is 9.97 Å². The van der Waals surface area contributed by atoms with Gasteiger partial charge in [0.2, 0.25) is 0 Å². The van der Waals surface area contributed by atoms with E-state index >= 15 is 0 Å². The topological polar surface area (TPSA) is 69.5 Å². The lowest BCUT2D eigenvalue weighted by atomic mass is 10.0. The van der Waals surface area contributed by atoms with Gasteiger partial charge in [-0.15, -0.1) is 0 Å². The van der Waals surface area contributed by atoms with Crippen LogP contribution < -0.4 is 5.56 Å². The number of fused-ring (bicyclic) bond motifs is 1. The first-order valence-corrected chi connectivity index (χ1v) is 7.27. The summed E-state index contributed by atoms with van der Waals surface area (Å²) in [5, 5.41) is 9.98. The van der Waals surface area contributed by atoms with Crippen LogP contribution in [0, 0.1) is 25.2 Å². The fourth-order valence-corrected chi connectivity index (χ4v) is 2.51. The van der Waals surface area contributed by atoms with Gasteiger partial charge in [0, 0.05) is 0 Å². The third-order valence-electron chi connectivity index (χ3n) is 3.71. The normalized spacial score (nSPS) is 11.4. The van der Waals surface area contributed by atoms with Gasteiger partial charge in [0.1, 0.15) is 6.07 Å². The molecule has 4 nitrogen and oxygen atoms in total. The Morgan fingerprint density at radius 3 is 2.74 bits per heavy atom. The van der Waals surface area contributed by atoms with Crippen molar-refractivity contribution < 1.29 is 0 Å². The molecule has 0 bridgehead atoms. The molecular weight excluding hydrogens is 286 g/mol. The van der Waals surface area contributed by atoms with E-state index in [9.17, 15) is 10.1 Å². The molecule has 1 N–H and O–H groups in total. The summed E-state index contributed by atoms with van der Waals surface area (Å²) < 4.78 is 0. The summed E-state index contributed by atoms with van der Waals surface area (Å²) in [4.78, 5) is 19.3. The molecule has 0 amide bonds. The van der Waals surface area contributed by atoms with E-state index in [-0.39, 0.29) is 11.4 Å². The molecule has 23 heavy (non-hydrogen) atoms. The number of hydrogen-bond acceptors (Lipinski definition) is 3. The smallest absolute Gasteiger partial charge is 0.259 e. The minimum Gasteiger partial charge on any atom is -0.305 e. The summed E-state index contributed by atoms with van der Waals surface area (Å²) >= 11 is 0. The van der Waals surface area contributed by atoms with Crippen molar-refractivity contribution in [2.24, 2.45) is 0 Å². The molecule has 4 heteroatoms. The SMILES string of the molecule is Cc1ccc(C=C(C#N)c2nc3ccccc3c(=O)[nH]2)c(C)c1. The number of aromatic nitrogens is 2. The quantitative estimate of drug-likeness (QED) is 0.735. The molecule has 1 aromatic heterocycles. The summed E-state index contributed by atoms with van der Waals surface area (Å²) in [5.74, 6) is 0.288. The molecule has 0 spiro atoms. The summed E-state index contributed by atoms with van der Waals surface area (Å²) in [6.45, 7) is 4.01. The van der Waals surface area contributed by atoms with E-state index in [1.165, 1.54) is 0 Å². The Labute approximate surface area is 133 Å². The number of para-hydroxylation sites is 1. The van der Waals surface area contributed by atoms with E-state index in [1.54, 1.807) is 24.3 Å². The number of aromatic amines is 1. The van der Waals surface area contributed by atoms with Gasteiger partial charge in [0.05, 0.1) is 16.5 Å². The third kappa shape index (κ3) is 2.90. The molecule has 2 aromatic carbocycles. The average Bonchev–Trinajstić information content (AvgIpc) is 2.54. The molecule has 0 saturated heterocycles. The molecule has 0 aliphatic rings. The highest BCUT2D eigenvalue weighted by atomic mass is 16.1. The van der Waals surface area contributed by atoms with Crippen LogP contribution in [0.2, 0.25) is 0 Å². The Kier molecular flexibility index (Phi) is 3.78. The minimum absolute atomic E-state index is 0.243. The molecule has 0 fully saturated rings. The molecule has 0 aliphatic heterocycles. The van der Waals surface area contributed by atoms with Crippen molar-refractivity contribution in [1.29, 1.82) is 5.26 Å². The molecule has 0 aliphatic carbocycles. The fourth-order valence-electron chi connectivity index (χ4n) is 2.51. The highest BCUT2D eigenvalue weighted by Gasteiger charge is 2.08. The first kappa shape index (κ1) is 14.7. The van der Waals surface area contributed by atoms with Gasteiger partial charge in [-0.05, 0) is 43.2 Å². The number of benzene rings is 2. The van der Waals surface area contributed by atoms with E-state index in [1.807, 2.05) is 32.0 Å². The van der Waals surface area contributed by atoms with E-state index < -0.39 is 0 Å². The van der Waals surface area contributed by atoms with Crippen molar-refractivity contribution in [2.45, 2.75) is 13.8 Å². The van der Waals surface area contributed by atoms with Crippen LogP contribution in [0.15, 0.2) is 47.3 Å². The van der Waals surface area contributed by atoms with Crippen molar-refractivity contribution in [3.05, 3.63) is 75.3 Å². The zero-order chi connectivity index (χ0) is 16.4. The van der Waals surface area contributed by atoms with Crippen LogP contribution in [-0.2, 0) is 0 Å². The van der Waals surface area contributed by atoms with E-state index in [0.717, 1.165) is 16.7 Å². The van der Waals surface area contributed by atoms with Crippen LogP contribution in [0.25, 0.3) is 22.6 Å². The standard InChI is InChI=1S/C19H15N3O/c1-12-7-8-14(13(2)9-12)10-15(11-20)18-21-17-6-4-3-5-16(17)19(23)22-18/h3-10H,1-2H3,(H,21,22,23). The molecular formula is C19H15N3O. The number of hydrogen-bond donors (Lipinski definition) is 1. The van der Waals surface area contributed by atoms with Gasteiger partial charge in [0.15, 0.2) is 5.82 Å². The van der Waals surface area contributed by atoms with Gasteiger partial charge >= 0.3 is 0 Å². The number of aryl methyl sites for hydroxylation is 2. The van der Waals surface area contributed by atoms with Gasteiger partial charge < -0.3 is 4.98 Å². The van der Waals surface area contributed by atoms with E-state index in [0.29, 0.717) is 16.5 Å². The van der Waals surface area contributed by atoms with Crippen LogP contribution in [0.3, 0.4) is 0 Å². The molecule has 0 atom stereocenters. The van der Waals surface area contributed by atoms with Gasteiger partial charge in [-0.1, -0.05) is 35.9 Å². The van der Waals surface area contributed by atoms with Crippen molar-refractivity contribution >= 4 is 22.6 Å². The molecule has 0 radical (unpaired) electrons. The average molecular weight is 301 g/mol. The highest BCUT2D eigenvalue weighted by molar-refractivity contribution is 5.89. The first-order chi connectivity index (χ1) is 11.1. The maximum atomic E-state index is 12.2. The molecule has 1 heterocycles. The van der Waals surface area contributed by atoms with Crippen LogP contribution in [0.1, 0.15) is 22.5 Å². The molecule has 3 rings (SSSR count). The molecule has 0 unspecified atom stereocenters. The van der Waals surface area contributed by atoms with Crippen LogP contribution in [0.5, 0.6) is 0 Å². The highest BCUT2D eigenvalue weighted by Crippen LogP contribution is 2.19. The largest absolute Gasteiger partial charge is 0.305 e. The van der Waals surface area contributed by atoms with E-state index in [4.69, 9.17) is 0 Å². The maximum absolute atomic E-state index is 12.2. The van der Waals surface area contributed by atoms with Crippen LogP contribution in [-0.4, -0.2) is 9.97 Å². The summed E-state index contributed by atoms with van der Waals surface area (Å²) in [6, 6.07) is 15.2. The third-order valence-corrected chi connectivity index (χ3v) is 3.71. The van der Waals surface area contributed by atoms with Gasteiger partial charge in [-0.3, -0.25) is 4.79 Å². The number of nitrogens with zero attached hydrogens (tertiary/aromatic N) is 2. The summed E-state index contributed by atoms with van der Waals surface area (Å²) in [6.07, 6.45) is 1.75. The fraction of sp³-hybridized carbons (Fsp3) is 0.105. The lowest BCUT2D eigenvalue weighted by molar-refractivity contribution is 1.13. The predicted octanol–water partition coefficient (Wildman–Crippen LogP) is 3.60. The van der Waals surface area contributed by atoms with Gasteiger partial charge in [-0.25, -0.2) is 4.98 Å². The van der Waals surface area contributed by atoms with Crippen molar-refractivity contribution in [2.75, 3.05) is 0 Å². The predicted molar refractivity (Wildman–Crippen MR) is 91.8 cm³/mol. The Hall–Kier alpha value is -3.19. The number of allylic oxidation sites excluding steroid dienone is 1. The number of nitrogens with one attached hydrogen (secondary N) is 1. The summed E-state index contributed by atoms with van der Waals surface area (Å²) in [5.41, 5.74) is 3.83. The van der Waals surface area contributed by atoms with Gasteiger partial charge in [-0.2, -0.15) is 5.26 Å². The monoisotopic (exact) mass is 301 g/mol. The second-order valence-corrected chi connectivity index (χ2v) is 5.46. The molecule has 0 saturated carbocycles. The second kappa shape index (κ2) is 5.90. The maximum Gasteiger partial charge on any atom is 0.259 e.